The fraction of sp³-hybridized carbons (Fsp3) is 0.125. The first-order chi connectivity index (χ1) is 21.6. The first-order valence-electron chi connectivity index (χ1n) is 13.4. The lowest BCUT2D eigenvalue weighted by molar-refractivity contribution is -0.125. The molecule has 242 valence electrons. The number of halogens is 2. The Kier molecular flexibility index (Phi) is 14.4. The lowest BCUT2D eigenvalue weighted by Gasteiger charge is -2.10. The second kappa shape index (κ2) is 17.7. The van der Waals surface area contributed by atoms with Gasteiger partial charge >= 0.3 is 0 Å². The van der Waals surface area contributed by atoms with Gasteiger partial charge in [-0.3, -0.25) is 23.7 Å². The number of carbonyl (C=O) groups is 4. The van der Waals surface area contributed by atoms with Crippen LogP contribution in [0.15, 0.2) is 97.1 Å². The third-order valence-electron chi connectivity index (χ3n) is 5.69. The van der Waals surface area contributed by atoms with Crippen LogP contribution < -0.4 is 22.1 Å². The summed E-state index contributed by atoms with van der Waals surface area (Å²) in [5.74, 6) is -2.42. The molecule has 4 aromatic rings. The van der Waals surface area contributed by atoms with E-state index in [1.54, 1.807) is 54.6 Å². The van der Waals surface area contributed by atoms with E-state index in [9.17, 15) is 27.6 Å². The minimum atomic E-state index is -4.75. The number of nitrogen functional groups attached to an aromatic ring is 2. The number of amides is 2. The number of ketones is 2. The van der Waals surface area contributed by atoms with Crippen LogP contribution in [0.3, 0.4) is 0 Å². The van der Waals surface area contributed by atoms with Crippen LogP contribution in [0.25, 0.3) is 11.1 Å². The van der Waals surface area contributed by atoms with Gasteiger partial charge < -0.3 is 22.1 Å². The smallest absolute Gasteiger partial charge is 0.284 e. The predicted molar refractivity (Wildman–Crippen MR) is 182 cm³/mol. The molecular weight excluding hydrogens is 655 g/mol. The van der Waals surface area contributed by atoms with E-state index in [2.05, 4.69) is 10.6 Å². The molecule has 0 bridgehead atoms. The summed E-state index contributed by atoms with van der Waals surface area (Å²) >= 11 is 12.2. The standard InChI is InChI=1S/C12H10Cl2N2.C10H11NO5S.C10H11NO2/c13-11-5-7(15)1-3-9(11)10-4-2-8(16)6-12(10)14;1-7(12)9(17(14,15)16)10(13)11-8-5-3-2-4-6-8;1-8(12)7-10(13)11-9-5-3-2-4-6-9/h1-6H,15-16H2;2-6,9H,1H3,(H,11,13)(H,14,15,16);2-6H,7H2,1H3,(H,11,13). The van der Waals surface area contributed by atoms with E-state index in [4.69, 9.17) is 39.2 Å². The van der Waals surface area contributed by atoms with E-state index >= 15 is 0 Å². The monoisotopic (exact) mass is 686 g/mol. The molecule has 0 aliphatic carbocycles. The number of rotatable bonds is 8. The van der Waals surface area contributed by atoms with E-state index < -0.39 is 27.1 Å². The molecule has 0 spiro atoms. The Bertz CT molecular complexity index is 1740. The van der Waals surface area contributed by atoms with Crippen molar-refractivity contribution < 1.29 is 32.1 Å². The normalized spacial score (nSPS) is 11.0. The van der Waals surface area contributed by atoms with Gasteiger partial charge in [0.25, 0.3) is 16.0 Å². The van der Waals surface area contributed by atoms with Gasteiger partial charge in [0.05, 0.1) is 16.5 Å². The molecule has 4 rings (SSSR count). The Balaban J connectivity index is 0.000000242. The van der Waals surface area contributed by atoms with Gasteiger partial charge in [-0.25, -0.2) is 0 Å². The van der Waals surface area contributed by atoms with Crippen molar-refractivity contribution in [1.82, 2.24) is 0 Å². The van der Waals surface area contributed by atoms with Crippen molar-refractivity contribution in [2.45, 2.75) is 25.5 Å². The van der Waals surface area contributed by atoms with Crippen LogP contribution in [0, 0.1) is 0 Å². The molecule has 11 nitrogen and oxygen atoms in total. The fourth-order valence-electron chi connectivity index (χ4n) is 3.71. The maximum atomic E-state index is 11.5. The van der Waals surface area contributed by atoms with Gasteiger partial charge in [0.2, 0.25) is 11.2 Å². The van der Waals surface area contributed by atoms with E-state index in [-0.39, 0.29) is 18.1 Å². The molecule has 7 N–H and O–H groups in total. The third kappa shape index (κ3) is 12.7. The van der Waals surface area contributed by atoms with Gasteiger partial charge in [-0.15, -0.1) is 0 Å². The molecule has 0 aromatic heterocycles. The molecular formula is C32H32Cl2N4O7S. The molecule has 0 aliphatic rings. The third-order valence-corrected chi connectivity index (χ3v) is 7.46. The Morgan fingerprint density at radius 1 is 0.717 bits per heavy atom. The van der Waals surface area contributed by atoms with Gasteiger partial charge in [0, 0.05) is 33.9 Å². The highest BCUT2D eigenvalue weighted by Crippen LogP contribution is 2.35. The topological polar surface area (TPSA) is 199 Å². The van der Waals surface area contributed by atoms with Gasteiger partial charge in [0.15, 0.2) is 5.78 Å². The molecule has 1 unspecified atom stereocenters. The van der Waals surface area contributed by atoms with Crippen LogP contribution in [0.5, 0.6) is 0 Å². The first kappa shape index (κ1) is 37.4. The zero-order valence-corrected chi connectivity index (χ0v) is 27.1. The summed E-state index contributed by atoms with van der Waals surface area (Å²) in [5, 5.41) is 3.90. The minimum Gasteiger partial charge on any atom is -0.399 e. The summed E-state index contributed by atoms with van der Waals surface area (Å²) < 4.78 is 30.5. The van der Waals surface area contributed by atoms with Gasteiger partial charge in [-0.05, 0) is 62.4 Å². The van der Waals surface area contributed by atoms with E-state index in [1.165, 1.54) is 19.1 Å². The number of hydrogen-bond acceptors (Lipinski definition) is 8. The number of benzene rings is 4. The van der Waals surface area contributed by atoms with Crippen molar-refractivity contribution in [2.24, 2.45) is 0 Å². The van der Waals surface area contributed by atoms with Crippen LogP contribution in [0.4, 0.5) is 22.7 Å². The number of hydrogen-bond donors (Lipinski definition) is 5. The maximum absolute atomic E-state index is 11.5. The molecule has 0 radical (unpaired) electrons. The van der Waals surface area contributed by atoms with Crippen molar-refractivity contribution in [2.75, 3.05) is 22.1 Å². The van der Waals surface area contributed by atoms with Crippen molar-refractivity contribution in [3.8, 4) is 11.1 Å². The molecule has 14 heteroatoms. The SMILES string of the molecule is CC(=O)C(C(=O)Nc1ccccc1)S(=O)(=O)O.CC(=O)CC(=O)Nc1ccccc1.Nc1ccc(-c2ccc(N)cc2Cl)c(Cl)c1. The lowest BCUT2D eigenvalue weighted by atomic mass is 10.0. The molecule has 0 aliphatic heterocycles. The van der Waals surface area contributed by atoms with Gasteiger partial charge in [-0.1, -0.05) is 71.7 Å². The summed E-state index contributed by atoms with van der Waals surface area (Å²) in [7, 11) is -4.75. The highest BCUT2D eigenvalue weighted by molar-refractivity contribution is 7.88. The minimum absolute atomic E-state index is 0.0606. The number of carbonyl (C=O) groups excluding carboxylic acids is 4. The second-order valence-electron chi connectivity index (χ2n) is 9.63. The van der Waals surface area contributed by atoms with Gasteiger partial charge in [0.1, 0.15) is 5.78 Å². The van der Waals surface area contributed by atoms with E-state index in [0.29, 0.717) is 32.8 Å². The van der Waals surface area contributed by atoms with Crippen LogP contribution in [-0.2, 0) is 29.3 Å². The second-order valence-corrected chi connectivity index (χ2v) is 11.9. The molecule has 0 saturated heterocycles. The Labute approximate surface area is 276 Å². The summed E-state index contributed by atoms with van der Waals surface area (Å²) in [6, 6.07) is 27.7. The summed E-state index contributed by atoms with van der Waals surface area (Å²) in [5.41, 5.74) is 15.3. The first-order valence-corrected chi connectivity index (χ1v) is 15.6. The number of nitrogens with one attached hydrogen (secondary N) is 2. The molecule has 0 fully saturated rings. The molecule has 2 amide bonds. The quantitative estimate of drug-likeness (QED) is 0.0850. The maximum Gasteiger partial charge on any atom is 0.284 e. The molecule has 1 atom stereocenters. The van der Waals surface area contributed by atoms with E-state index in [1.807, 2.05) is 30.3 Å². The fourth-order valence-corrected chi connectivity index (χ4v) is 5.04. The Hall–Kier alpha value is -4.75. The van der Waals surface area contributed by atoms with Crippen molar-refractivity contribution in [1.29, 1.82) is 0 Å². The highest BCUT2D eigenvalue weighted by Gasteiger charge is 2.35. The zero-order chi connectivity index (χ0) is 34.4. The number of nitrogens with two attached hydrogens (primary N) is 2. The lowest BCUT2D eigenvalue weighted by Crippen LogP contribution is -2.40. The van der Waals surface area contributed by atoms with Crippen LogP contribution >= 0.6 is 23.2 Å². The largest absolute Gasteiger partial charge is 0.399 e. The van der Waals surface area contributed by atoms with Crippen LogP contribution in [0.1, 0.15) is 20.3 Å². The molecule has 4 aromatic carbocycles. The summed E-state index contributed by atoms with van der Waals surface area (Å²) in [6.07, 6.45) is -0.0606. The number of para-hydroxylation sites is 2. The predicted octanol–water partition coefficient (Wildman–Crippen LogP) is 5.90. The van der Waals surface area contributed by atoms with Crippen molar-refractivity contribution >= 4 is 79.5 Å². The summed E-state index contributed by atoms with van der Waals surface area (Å²) in [4.78, 5) is 44.2. The highest BCUT2D eigenvalue weighted by atomic mass is 35.5. The van der Waals surface area contributed by atoms with E-state index in [0.717, 1.165) is 18.1 Å². The van der Waals surface area contributed by atoms with Gasteiger partial charge in [-0.2, -0.15) is 8.42 Å². The van der Waals surface area contributed by atoms with Crippen LogP contribution in [-0.4, -0.2) is 41.6 Å². The molecule has 0 heterocycles. The Morgan fingerprint density at radius 2 is 1.13 bits per heavy atom. The van der Waals surface area contributed by atoms with Crippen molar-refractivity contribution in [3.05, 3.63) is 107 Å². The molecule has 46 heavy (non-hydrogen) atoms. The Morgan fingerprint density at radius 3 is 1.48 bits per heavy atom. The summed E-state index contributed by atoms with van der Waals surface area (Å²) in [6.45, 7) is 2.31. The number of Topliss-reactive ketones (excluding diaryl/α,β-unsaturated/α-hetero) is 2. The zero-order valence-electron chi connectivity index (χ0n) is 24.7. The molecule has 0 saturated carbocycles. The average Bonchev–Trinajstić information content (AvgIpc) is 2.94. The van der Waals surface area contributed by atoms with Crippen molar-refractivity contribution in [3.63, 3.8) is 0 Å². The van der Waals surface area contributed by atoms with Crippen LogP contribution in [0.2, 0.25) is 10.0 Å². The average molecular weight is 688 g/mol. The number of anilines is 4.